The number of aromatic nitrogens is 1. The van der Waals surface area contributed by atoms with Crippen LogP contribution in [0, 0.1) is 5.41 Å². The molecule has 0 aliphatic carbocycles. The predicted octanol–water partition coefficient (Wildman–Crippen LogP) is 6.21. The number of hydrogen-bond acceptors (Lipinski definition) is 5. The predicted molar refractivity (Wildman–Crippen MR) is 138 cm³/mol. The minimum Gasteiger partial charge on any atom is -0.510 e. The van der Waals surface area contributed by atoms with Gasteiger partial charge in [-0.3, -0.25) is 5.41 Å². The van der Waals surface area contributed by atoms with Gasteiger partial charge in [-0.25, -0.2) is 4.98 Å². The molecular formula is C28H25N3O2S. The first-order valence-electron chi connectivity index (χ1n) is 11.1. The summed E-state index contributed by atoms with van der Waals surface area (Å²) in [7, 11) is 1.64. The van der Waals surface area contributed by atoms with Crippen molar-refractivity contribution < 1.29 is 9.84 Å². The molecule has 4 aromatic rings. The Kier molecular flexibility index (Phi) is 6.14. The molecule has 0 radical (unpaired) electrons. The number of aliphatic hydroxyl groups excluding tert-OH is 1. The lowest BCUT2D eigenvalue weighted by Crippen LogP contribution is -2.31. The lowest BCUT2D eigenvalue weighted by atomic mass is 9.91. The van der Waals surface area contributed by atoms with Crippen LogP contribution in [0.2, 0.25) is 0 Å². The summed E-state index contributed by atoms with van der Waals surface area (Å²) in [6, 6.07) is 28.4. The zero-order chi connectivity index (χ0) is 23.5. The summed E-state index contributed by atoms with van der Waals surface area (Å²) in [6.07, 6.45) is 0. The van der Waals surface area contributed by atoms with Crippen LogP contribution in [0.15, 0.2) is 96.1 Å². The highest BCUT2D eigenvalue weighted by atomic mass is 32.1. The molecule has 0 spiro atoms. The molecule has 2 N–H and O–H groups in total. The molecule has 5 nitrogen and oxygen atoms in total. The summed E-state index contributed by atoms with van der Waals surface area (Å²) in [4.78, 5) is 6.68. The summed E-state index contributed by atoms with van der Waals surface area (Å²) in [6.45, 7) is 0.902. The number of nitrogens with one attached hydrogen (secondary N) is 1. The topological polar surface area (TPSA) is 69.4 Å². The van der Waals surface area contributed by atoms with Gasteiger partial charge in [0.1, 0.15) is 22.4 Å². The van der Waals surface area contributed by atoms with Crippen molar-refractivity contribution >= 4 is 22.7 Å². The number of benzene rings is 3. The number of nitrogens with zero attached hydrogens (tertiary/aromatic N) is 2. The van der Waals surface area contributed by atoms with E-state index >= 15 is 0 Å². The van der Waals surface area contributed by atoms with Crippen LogP contribution in [0.1, 0.15) is 22.1 Å². The first kappa shape index (κ1) is 21.9. The van der Waals surface area contributed by atoms with Crippen LogP contribution in [0.3, 0.4) is 0 Å². The average Bonchev–Trinajstić information content (AvgIpc) is 3.47. The van der Waals surface area contributed by atoms with E-state index in [1.807, 2.05) is 70.9 Å². The molecule has 1 aliphatic rings. The number of aliphatic hydroxyl groups is 1. The monoisotopic (exact) mass is 467 g/mol. The van der Waals surface area contributed by atoms with Crippen molar-refractivity contribution in [1.82, 2.24) is 9.88 Å². The molecule has 0 saturated carbocycles. The van der Waals surface area contributed by atoms with Gasteiger partial charge in [-0.2, -0.15) is 0 Å². The third-order valence-corrected chi connectivity index (χ3v) is 6.95. The van der Waals surface area contributed by atoms with E-state index in [0.717, 1.165) is 17.0 Å². The lowest BCUT2D eigenvalue weighted by Gasteiger charge is -2.26. The Morgan fingerprint density at radius 1 is 0.971 bits per heavy atom. The van der Waals surface area contributed by atoms with E-state index in [1.54, 1.807) is 7.11 Å². The van der Waals surface area contributed by atoms with E-state index in [4.69, 9.17) is 15.1 Å². The van der Waals surface area contributed by atoms with Crippen molar-refractivity contribution in [2.24, 2.45) is 0 Å². The highest BCUT2D eigenvalue weighted by Gasteiger charge is 2.32. The molecule has 0 unspecified atom stereocenters. The van der Waals surface area contributed by atoms with E-state index in [-0.39, 0.29) is 11.7 Å². The van der Waals surface area contributed by atoms with Gasteiger partial charge in [-0.05, 0) is 35.4 Å². The van der Waals surface area contributed by atoms with E-state index in [0.29, 0.717) is 29.5 Å². The molecule has 1 aromatic heterocycles. The van der Waals surface area contributed by atoms with E-state index < -0.39 is 0 Å². The maximum absolute atomic E-state index is 10.8. The minimum absolute atomic E-state index is 0.0843. The van der Waals surface area contributed by atoms with E-state index in [2.05, 4.69) is 24.3 Å². The smallest absolute Gasteiger partial charge is 0.135 e. The fourth-order valence-electron chi connectivity index (χ4n) is 4.29. The van der Waals surface area contributed by atoms with Gasteiger partial charge in [0.2, 0.25) is 0 Å². The zero-order valence-corrected chi connectivity index (χ0v) is 19.6. The second-order valence-electron chi connectivity index (χ2n) is 8.19. The van der Waals surface area contributed by atoms with Crippen molar-refractivity contribution in [3.8, 4) is 17.0 Å². The Hall–Kier alpha value is -3.90. The number of amidine groups is 1. The van der Waals surface area contributed by atoms with Gasteiger partial charge in [0.15, 0.2) is 0 Å². The van der Waals surface area contributed by atoms with Gasteiger partial charge < -0.3 is 14.7 Å². The first-order valence-corrected chi connectivity index (χ1v) is 12.0. The normalized spacial score (nSPS) is 13.7. The molecular weight excluding hydrogens is 442 g/mol. The van der Waals surface area contributed by atoms with E-state index in [9.17, 15) is 5.11 Å². The molecule has 3 aromatic carbocycles. The second kappa shape index (κ2) is 9.53. The van der Waals surface area contributed by atoms with Gasteiger partial charge in [0.25, 0.3) is 0 Å². The number of hydrogen-bond donors (Lipinski definition) is 2. The molecule has 5 rings (SSSR count). The Morgan fingerprint density at radius 2 is 1.59 bits per heavy atom. The largest absolute Gasteiger partial charge is 0.510 e. The Balaban J connectivity index is 1.39. The molecule has 0 fully saturated rings. The molecule has 0 atom stereocenters. The van der Waals surface area contributed by atoms with Gasteiger partial charge >= 0.3 is 0 Å². The maximum atomic E-state index is 10.8. The summed E-state index contributed by atoms with van der Waals surface area (Å²) in [5.74, 6) is 1.38. The van der Waals surface area contributed by atoms with Crippen LogP contribution in [0.25, 0.3) is 16.8 Å². The highest BCUT2D eigenvalue weighted by Crippen LogP contribution is 2.35. The maximum Gasteiger partial charge on any atom is 0.135 e. The Labute approximate surface area is 203 Å². The molecule has 0 bridgehead atoms. The lowest BCUT2D eigenvalue weighted by molar-refractivity contribution is 0.344. The molecule has 2 heterocycles. The van der Waals surface area contributed by atoms with Gasteiger partial charge in [0.05, 0.1) is 24.9 Å². The molecule has 0 saturated heterocycles. The Morgan fingerprint density at radius 3 is 2.18 bits per heavy atom. The van der Waals surface area contributed by atoms with Crippen molar-refractivity contribution in [2.45, 2.75) is 5.92 Å². The van der Waals surface area contributed by atoms with Crippen LogP contribution < -0.4 is 4.74 Å². The van der Waals surface area contributed by atoms with Gasteiger partial charge in [0, 0.05) is 23.4 Å². The minimum atomic E-state index is 0.0843. The van der Waals surface area contributed by atoms with Crippen LogP contribution in [-0.4, -0.2) is 41.0 Å². The van der Waals surface area contributed by atoms with Crippen molar-refractivity contribution in [3.63, 3.8) is 0 Å². The third kappa shape index (κ3) is 4.32. The third-order valence-electron chi connectivity index (χ3n) is 6.09. The van der Waals surface area contributed by atoms with Crippen LogP contribution >= 0.6 is 11.3 Å². The summed E-state index contributed by atoms with van der Waals surface area (Å²) in [5, 5.41) is 22.3. The number of methoxy groups -OCH3 is 1. The first-order chi connectivity index (χ1) is 16.6. The number of ether oxygens (including phenoxy) is 1. The quantitative estimate of drug-likeness (QED) is 0.339. The number of rotatable bonds is 7. The van der Waals surface area contributed by atoms with Gasteiger partial charge in [-0.15, -0.1) is 11.3 Å². The molecule has 0 amide bonds. The standard InChI is InChI=1S/C28H25N3O2S/c1-33-22-14-12-21(13-15-22)24-18-34-28(30-24)26-25(32)17-31(27(26)29)16-23(19-8-4-2-5-9-19)20-10-6-3-7-11-20/h2-15,18,23,29,32H,16-17H2,1H3. The second-order valence-corrected chi connectivity index (χ2v) is 9.05. The molecule has 170 valence electrons. The fourth-order valence-corrected chi connectivity index (χ4v) is 5.19. The van der Waals surface area contributed by atoms with Gasteiger partial charge in [-0.1, -0.05) is 60.7 Å². The molecule has 1 aliphatic heterocycles. The SMILES string of the molecule is COc1ccc(-c2csc(C3=C(O)CN(CC(c4ccccc4)c4ccccc4)C3=N)n2)cc1. The zero-order valence-electron chi connectivity index (χ0n) is 18.8. The Bertz CT molecular complexity index is 1280. The fraction of sp³-hybridized carbons (Fsp3) is 0.143. The van der Waals surface area contributed by atoms with Crippen molar-refractivity contribution in [3.05, 3.63) is 112 Å². The van der Waals surface area contributed by atoms with Crippen molar-refractivity contribution in [2.75, 3.05) is 20.2 Å². The van der Waals surface area contributed by atoms with Crippen LogP contribution in [0.5, 0.6) is 5.75 Å². The molecule has 6 heteroatoms. The average molecular weight is 468 g/mol. The molecule has 34 heavy (non-hydrogen) atoms. The summed E-state index contributed by atoms with van der Waals surface area (Å²) >= 11 is 1.45. The van der Waals surface area contributed by atoms with Crippen molar-refractivity contribution in [1.29, 1.82) is 5.41 Å². The summed E-state index contributed by atoms with van der Waals surface area (Å²) < 4.78 is 5.23. The van der Waals surface area contributed by atoms with Crippen LogP contribution in [0.4, 0.5) is 0 Å². The number of thiazole rings is 1. The highest BCUT2D eigenvalue weighted by molar-refractivity contribution is 7.11. The van der Waals surface area contributed by atoms with E-state index in [1.165, 1.54) is 22.5 Å². The summed E-state index contributed by atoms with van der Waals surface area (Å²) in [5.41, 5.74) is 4.68. The van der Waals surface area contributed by atoms with Crippen LogP contribution in [-0.2, 0) is 0 Å².